The molecule has 27 heavy (non-hydrogen) atoms. The number of benzene rings is 1. The predicted molar refractivity (Wildman–Crippen MR) is 105 cm³/mol. The van der Waals surface area contributed by atoms with E-state index in [1.807, 2.05) is 12.1 Å². The second-order valence-corrected chi connectivity index (χ2v) is 8.09. The van der Waals surface area contributed by atoms with Crippen LogP contribution in [0, 0.1) is 17.8 Å². The summed E-state index contributed by atoms with van der Waals surface area (Å²) in [6.45, 7) is 0.183. The number of aliphatic hydroxyl groups excluding tert-OH is 2. The lowest BCUT2D eigenvalue weighted by molar-refractivity contribution is 0.232. The van der Waals surface area contributed by atoms with Gasteiger partial charge in [-0.25, -0.2) is 0 Å². The number of aliphatic hydroxyl groups is 2. The molecule has 0 saturated heterocycles. The van der Waals surface area contributed by atoms with E-state index < -0.39 is 0 Å². The summed E-state index contributed by atoms with van der Waals surface area (Å²) in [4.78, 5) is 0. The zero-order valence-electron chi connectivity index (χ0n) is 16.3. The van der Waals surface area contributed by atoms with Gasteiger partial charge in [-0.1, -0.05) is 18.1 Å². The Morgan fingerprint density at radius 3 is 2.48 bits per heavy atom. The second kappa shape index (κ2) is 7.69. The van der Waals surface area contributed by atoms with Crippen molar-refractivity contribution in [2.75, 3.05) is 20.8 Å². The maximum atomic E-state index is 10.1. The van der Waals surface area contributed by atoms with E-state index in [1.54, 1.807) is 14.2 Å². The predicted octanol–water partition coefficient (Wildman–Crippen LogP) is 3.85. The van der Waals surface area contributed by atoms with Crippen LogP contribution in [0.4, 0.5) is 0 Å². The molecule has 1 fully saturated rings. The van der Waals surface area contributed by atoms with E-state index in [0.29, 0.717) is 11.8 Å². The molecule has 4 heteroatoms. The van der Waals surface area contributed by atoms with Crippen LogP contribution in [-0.2, 0) is 17.8 Å². The van der Waals surface area contributed by atoms with Crippen molar-refractivity contribution in [3.8, 4) is 5.75 Å². The van der Waals surface area contributed by atoms with Crippen LogP contribution >= 0.6 is 0 Å². The summed E-state index contributed by atoms with van der Waals surface area (Å²) in [6.07, 6.45) is 8.67. The molecule has 3 aliphatic rings. The topological polar surface area (TPSA) is 58.9 Å². The molecule has 3 aliphatic carbocycles. The van der Waals surface area contributed by atoms with Crippen LogP contribution in [0.3, 0.4) is 0 Å². The Balaban J connectivity index is 2.02. The second-order valence-electron chi connectivity index (χ2n) is 8.09. The number of hydrogen-bond acceptors (Lipinski definition) is 4. The fourth-order valence-corrected chi connectivity index (χ4v) is 5.47. The molecule has 0 radical (unpaired) electrons. The Labute approximate surface area is 161 Å². The molecule has 0 heterocycles. The van der Waals surface area contributed by atoms with Crippen LogP contribution in [0.15, 0.2) is 29.5 Å². The van der Waals surface area contributed by atoms with E-state index in [9.17, 15) is 10.2 Å². The summed E-state index contributed by atoms with van der Waals surface area (Å²) in [6, 6.07) is 3.95. The van der Waals surface area contributed by atoms with Gasteiger partial charge < -0.3 is 19.7 Å². The van der Waals surface area contributed by atoms with Gasteiger partial charge in [0.15, 0.2) is 0 Å². The Hall–Kier alpha value is -1.78. The highest BCUT2D eigenvalue weighted by Crippen LogP contribution is 2.50. The summed E-state index contributed by atoms with van der Waals surface area (Å²) in [5.41, 5.74) is 5.64. The normalized spacial score (nSPS) is 27.1. The summed E-state index contributed by atoms with van der Waals surface area (Å²) < 4.78 is 11.6. The van der Waals surface area contributed by atoms with Gasteiger partial charge in [0.1, 0.15) is 11.5 Å². The van der Waals surface area contributed by atoms with Crippen molar-refractivity contribution in [1.29, 1.82) is 0 Å². The van der Waals surface area contributed by atoms with E-state index in [-0.39, 0.29) is 19.1 Å². The van der Waals surface area contributed by atoms with Gasteiger partial charge in [-0.15, -0.1) is 0 Å². The molecular weight excluding hydrogens is 340 g/mol. The van der Waals surface area contributed by atoms with Gasteiger partial charge in [0, 0.05) is 23.7 Å². The molecule has 4 nitrogen and oxygen atoms in total. The molecule has 146 valence electrons. The van der Waals surface area contributed by atoms with Crippen molar-refractivity contribution in [1.82, 2.24) is 0 Å². The maximum Gasteiger partial charge on any atom is 0.127 e. The lowest BCUT2D eigenvalue weighted by Crippen LogP contribution is -2.24. The van der Waals surface area contributed by atoms with Gasteiger partial charge in [-0.2, -0.15) is 0 Å². The van der Waals surface area contributed by atoms with Crippen LogP contribution < -0.4 is 4.74 Å². The van der Waals surface area contributed by atoms with Crippen molar-refractivity contribution >= 4 is 5.57 Å². The highest BCUT2D eigenvalue weighted by Gasteiger charge is 2.38. The van der Waals surface area contributed by atoms with Crippen LogP contribution in [0.5, 0.6) is 5.75 Å². The fraction of sp³-hybridized carbons (Fsp3) is 0.565. The van der Waals surface area contributed by atoms with Crippen molar-refractivity contribution < 1.29 is 19.7 Å². The lowest BCUT2D eigenvalue weighted by atomic mass is 9.71. The molecule has 4 rings (SSSR count). The first-order valence-corrected chi connectivity index (χ1v) is 10.1. The highest BCUT2D eigenvalue weighted by molar-refractivity contribution is 5.86. The zero-order valence-corrected chi connectivity index (χ0v) is 16.3. The number of methoxy groups -OCH3 is 2. The molecule has 0 bridgehead atoms. The van der Waals surface area contributed by atoms with E-state index in [0.717, 1.165) is 47.5 Å². The number of ether oxygens (including phenoxy) is 2. The van der Waals surface area contributed by atoms with E-state index in [2.05, 4.69) is 6.08 Å². The molecule has 1 aromatic carbocycles. The number of rotatable bonds is 4. The maximum absolute atomic E-state index is 10.1. The third kappa shape index (κ3) is 3.09. The van der Waals surface area contributed by atoms with E-state index >= 15 is 0 Å². The van der Waals surface area contributed by atoms with E-state index in [1.165, 1.54) is 30.4 Å². The molecule has 0 aliphatic heterocycles. The summed E-state index contributed by atoms with van der Waals surface area (Å²) in [5.74, 6) is 3.11. The quantitative estimate of drug-likeness (QED) is 0.845. The molecule has 0 aromatic heterocycles. The monoisotopic (exact) mass is 370 g/mol. The Morgan fingerprint density at radius 1 is 1.04 bits per heavy atom. The number of hydrogen-bond donors (Lipinski definition) is 2. The van der Waals surface area contributed by atoms with Gasteiger partial charge in [0.25, 0.3) is 0 Å². The third-order valence-corrected chi connectivity index (χ3v) is 6.87. The molecule has 1 aromatic rings. The molecule has 3 atom stereocenters. The van der Waals surface area contributed by atoms with Crippen molar-refractivity contribution in [2.45, 2.75) is 45.1 Å². The lowest BCUT2D eigenvalue weighted by Gasteiger charge is -2.35. The Bertz CT molecular complexity index is 777. The average molecular weight is 370 g/mol. The van der Waals surface area contributed by atoms with Gasteiger partial charge in [0.2, 0.25) is 0 Å². The zero-order chi connectivity index (χ0) is 19.0. The smallest absolute Gasteiger partial charge is 0.127 e. The fourth-order valence-electron chi connectivity index (χ4n) is 5.47. The van der Waals surface area contributed by atoms with Crippen molar-refractivity contribution in [2.24, 2.45) is 17.8 Å². The summed E-state index contributed by atoms with van der Waals surface area (Å²) >= 11 is 0. The van der Waals surface area contributed by atoms with Gasteiger partial charge in [-0.3, -0.25) is 0 Å². The van der Waals surface area contributed by atoms with Crippen LogP contribution in [0.1, 0.15) is 48.8 Å². The van der Waals surface area contributed by atoms with Crippen molar-refractivity contribution in [3.05, 3.63) is 46.2 Å². The summed E-state index contributed by atoms with van der Waals surface area (Å²) in [5, 5.41) is 20.1. The van der Waals surface area contributed by atoms with Gasteiger partial charge >= 0.3 is 0 Å². The Morgan fingerprint density at radius 2 is 1.81 bits per heavy atom. The van der Waals surface area contributed by atoms with Gasteiger partial charge in [-0.05, 0) is 67.2 Å². The molecule has 2 N–H and O–H groups in total. The molecule has 1 unspecified atom stereocenters. The molecule has 0 spiro atoms. The minimum absolute atomic E-state index is 0.0295. The minimum Gasteiger partial charge on any atom is -0.496 e. The third-order valence-electron chi connectivity index (χ3n) is 6.87. The largest absolute Gasteiger partial charge is 0.496 e. The highest BCUT2D eigenvalue weighted by atomic mass is 16.5. The average Bonchev–Trinajstić information content (AvgIpc) is 3.12. The summed E-state index contributed by atoms with van der Waals surface area (Å²) in [7, 11) is 3.42. The standard InChI is InChI=1S/C23H30O4/c1-26-20-8-6-16(12-24)18-10-14-4-3-5-15(14)11-19-17(13-25)7-9-21(27-2)23(19)22(18)20/h6,8-9,14-15,17,24-25H,3-5,7,10-13H2,1-2H3/t14?,15-,17-/m1/s1. The Kier molecular flexibility index (Phi) is 5.29. The molecule has 0 amide bonds. The van der Waals surface area contributed by atoms with Gasteiger partial charge in [0.05, 0.1) is 20.8 Å². The molecule has 1 saturated carbocycles. The molecular formula is C23H30O4. The van der Waals surface area contributed by atoms with Crippen LogP contribution in [0.25, 0.3) is 5.57 Å². The van der Waals surface area contributed by atoms with Crippen molar-refractivity contribution in [3.63, 3.8) is 0 Å². The van der Waals surface area contributed by atoms with Crippen LogP contribution in [0.2, 0.25) is 0 Å². The number of fused-ring (bicyclic) bond motifs is 3. The number of allylic oxidation sites excluding steroid dienone is 2. The first-order chi connectivity index (χ1) is 13.2. The minimum atomic E-state index is 0.0295. The first kappa shape index (κ1) is 18.6. The van der Waals surface area contributed by atoms with Crippen LogP contribution in [-0.4, -0.2) is 31.0 Å². The SMILES string of the molecule is COC1=CC[C@H](CO)C2=C1c1c(OC)ccc(CO)c1CC1CCC[C@@H]1C2. The first-order valence-electron chi connectivity index (χ1n) is 10.1. The van der Waals surface area contributed by atoms with E-state index in [4.69, 9.17) is 9.47 Å².